The number of hydrogen-bond donors (Lipinski definition) is 2. The molecule has 2 aliphatic rings. The van der Waals surface area contributed by atoms with Gasteiger partial charge in [-0.05, 0) is 12.8 Å². The summed E-state index contributed by atoms with van der Waals surface area (Å²) in [6, 6.07) is -0.538. The van der Waals surface area contributed by atoms with Crippen molar-refractivity contribution in [1.82, 2.24) is 4.90 Å². The third-order valence-electron chi connectivity index (χ3n) is 3.13. The van der Waals surface area contributed by atoms with E-state index >= 15 is 0 Å². The van der Waals surface area contributed by atoms with Crippen molar-refractivity contribution in [3.8, 4) is 0 Å². The van der Waals surface area contributed by atoms with Crippen LogP contribution in [-0.2, 0) is 9.53 Å². The zero-order valence-corrected chi connectivity index (χ0v) is 8.63. The van der Waals surface area contributed by atoms with Gasteiger partial charge in [-0.3, -0.25) is 9.69 Å². The zero-order chi connectivity index (χ0) is 10.8. The Bertz CT molecular complexity index is 240. The Hall–Kier alpha value is -0.650. The third-order valence-corrected chi connectivity index (χ3v) is 3.13. The minimum absolute atomic E-state index is 0.150. The molecule has 2 N–H and O–H groups in total. The van der Waals surface area contributed by atoms with Crippen LogP contribution in [0, 0.1) is 0 Å². The van der Waals surface area contributed by atoms with Crippen LogP contribution < -0.4 is 0 Å². The van der Waals surface area contributed by atoms with Crippen LogP contribution >= 0.6 is 0 Å². The molecule has 0 amide bonds. The first kappa shape index (κ1) is 10.9. The van der Waals surface area contributed by atoms with Crippen molar-refractivity contribution in [2.45, 2.75) is 37.5 Å². The van der Waals surface area contributed by atoms with Crippen LogP contribution in [-0.4, -0.2) is 59.0 Å². The van der Waals surface area contributed by atoms with Crippen LogP contribution in [0.25, 0.3) is 0 Å². The Labute approximate surface area is 88.6 Å². The van der Waals surface area contributed by atoms with Crippen LogP contribution in [0.2, 0.25) is 0 Å². The minimum Gasteiger partial charge on any atom is -0.480 e. The molecule has 3 atom stereocenters. The first-order valence-electron chi connectivity index (χ1n) is 5.43. The maximum atomic E-state index is 10.9. The van der Waals surface area contributed by atoms with Crippen molar-refractivity contribution in [2.24, 2.45) is 0 Å². The van der Waals surface area contributed by atoms with Crippen molar-refractivity contribution in [1.29, 1.82) is 0 Å². The highest BCUT2D eigenvalue weighted by Crippen LogP contribution is 2.21. The summed E-state index contributed by atoms with van der Waals surface area (Å²) in [4.78, 5) is 12.8. The second-order valence-corrected chi connectivity index (χ2v) is 4.33. The van der Waals surface area contributed by atoms with Gasteiger partial charge >= 0.3 is 5.97 Å². The molecule has 5 heteroatoms. The van der Waals surface area contributed by atoms with Crippen LogP contribution in [0.1, 0.15) is 19.3 Å². The fourth-order valence-corrected chi connectivity index (χ4v) is 2.39. The van der Waals surface area contributed by atoms with Crippen molar-refractivity contribution >= 4 is 5.97 Å². The van der Waals surface area contributed by atoms with E-state index in [-0.39, 0.29) is 6.10 Å². The Kier molecular flexibility index (Phi) is 3.23. The SMILES string of the molecule is O=C(O)C1CC(O)CN1CC1CCCO1. The van der Waals surface area contributed by atoms with Crippen LogP contribution in [0.3, 0.4) is 0 Å². The summed E-state index contributed by atoms with van der Waals surface area (Å²) in [5.41, 5.74) is 0. The summed E-state index contributed by atoms with van der Waals surface area (Å²) in [5, 5.41) is 18.4. The van der Waals surface area contributed by atoms with E-state index in [9.17, 15) is 9.90 Å². The number of carbonyl (C=O) groups is 1. The quantitative estimate of drug-likeness (QED) is 0.675. The number of aliphatic hydroxyl groups is 1. The molecular formula is C10H17NO4. The van der Waals surface area contributed by atoms with E-state index in [1.54, 1.807) is 0 Å². The lowest BCUT2D eigenvalue weighted by molar-refractivity contribution is -0.142. The molecule has 0 spiro atoms. The van der Waals surface area contributed by atoms with E-state index in [4.69, 9.17) is 9.84 Å². The second-order valence-electron chi connectivity index (χ2n) is 4.33. The highest BCUT2D eigenvalue weighted by Gasteiger charge is 2.37. The van der Waals surface area contributed by atoms with Crippen molar-refractivity contribution in [3.05, 3.63) is 0 Å². The predicted molar refractivity (Wildman–Crippen MR) is 52.6 cm³/mol. The lowest BCUT2D eigenvalue weighted by atomic mass is 10.2. The molecule has 2 fully saturated rings. The lowest BCUT2D eigenvalue weighted by Gasteiger charge is -2.23. The summed E-state index contributed by atoms with van der Waals surface area (Å²) in [6.07, 6.45) is 2.03. The number of nitrogens with zero attached hydrogens (tertiary/aromatic N) is 1. The Balaban J connectivity index is 1.91. The van der Waals surface area contributed by atoms with E-state index in [1.165, 1.54) is 0 Å². The van der Waals surface area contributed by atoms with Gasteiger partial charge in [0.2, 0.25) is 0 Å². The highest BCUT2D eigenvalue weighted by molar-refractivity contribution is 5.74. The van der Waals surface area contributed by atoms with Crippen LogP contribution in [0.15, 0.2) is 0 Å². The number of β-amino-alcohol motifs (C(OH)–C–C–N with tert-alkyl or cyclic N) is 1. The first-order chi connectivity index (χ1) is 7.16. The van der Waals surface area contributed by atoms with E-state index < -0.39 is 18.1 Å². The van der Waals surface area contributed by atoms with E-state index in [2.05, 4.69) is 0 Å². The molecule has 0 aromatic carbocycles. The van der Waals surface area contributed by atoms with Gasteiger partial charge in [-0.1, -0.05) is 0 Å². The largest absolute Gasteiger partial charge is 0.480 e. The van der Waals surface area contributed by atoms with Crippen molar-refractivity contribution < 1.29 is 19.7 Å². The van der Waals surface area contributed by atoms with Gasteiger partial charge in [-0.2, -0.15) is 0 Å². The van der Waals surface area contributed by atoms with E-state index in [0.29, 0.717) is 19.5 Å². The Morgan fingerprint density at radius 2 is 2.33 bits per heavy atom. The van der Waals surface area contributed by atoms with Gasteiger partial charge < -0.3 is 14.9 Å². The van der Waals surface area contributed by atoms with Gasteiger partial charge in [0, 0.05) is 26.1 Å². The topological polar surface area (TPSA) is 70.0 Å². The fraction of sp³-hybridized carbons (Fsp3) is 0.900. The molecule has 0 aliphatic carbocycles. The molecule has 0 aromatic rings. The maximum absolute atomic E-state index is 10.9. The van der Waals surface area contributed by atoms with Crippen LogP contribution in [0.4, 0.5) is 0 Å². The van der Waals surface area contributed by atoms with Crippen molar-refractivity contribution in [3.63, 3.8) is 0 Å². The molecule has 2 aliphatic heterocycles. The molecule has 2 rings (SSSR count). The Morgan fingerprint density at radius 3 is 2.93 bits per heavy atom. The van der Waals surface area contributed by atoms with E-state index in [0.717, 1.165) is 19.4 Å². The zero-order valence-electron chi connectivity index (χ0n) is 8.63. The summed E-state index contributed by atoms with van der Waals surface area (Å²) >= 11 is 0. The molecule has 2 saturated heterocycles. The van der Waals surface area contributed by atoms with Crippen molar-refractivity contribution in [2.75, 3.05) is 19.7 Å². The summed E-state index contributed by atoms with van der Waals surface area (Å²) in [6.45, 7) is 1.86. The number of ether oxygens (including phenoxy) is 1. The first-order valence-corrected chi connectivity index (χ1v) is 5.43. The van der Waals surface area contributed by atoms with Gasteiger partial charge in [0.1, 0.15) is 6.04 Å². The van der Waals surface area contributed by atoms with Crippen LogP contribution in [0.5, 0.6) is 0 Å². The average molecular weight is 215 g/mol. The Morgan fingerprint density at radius 1 is 1.53 bits per heavy atom. The number of hydrogen-bond acceptors (Lipinski definition) is 4. The number of aliphatic hydroxyl groups excluding tert-OH is 1. The van der Waals surface area contributed by atoms with Gasteiger partial charge in [0.15, 0.2) is 0 Å². The number of aliphatic carboxylic acids is 1. The van der Waals surface area contributed by atoms with Gasteiger partial charge in [0.05, 0.1) is 12.2 Å². The number of likely N-dealkylation sites (tertiary alicyclic amines) is 1. The normalized spacial score (nSPS) is 37.3. The average Bonchev–Trinajstić information content (AvgIpc) is 2.75. The molecule has 0 aromatic heterocycles. The molecule has 5 nitrogen and oxygen atoms in total. The molecular weight excluding hydrogens is 198 g/mol. The molecule has 2 heterocycles. The summed E-state index contributed by atoms with van der Waals surface area (Å²) < 4.78 is 5.46. The summed E-state index contributed by atoms with van der Waals surface area (Å²) in [7, 11) is 0. The monoisotopic (exact) mass is 215 g/mol. The van der Waals surface area contributed by atoms with Gasteiger partial charge in [-0.15, -0.1) is 0 Å². The van der Waals surface area contributed by atoms with E-state index in [1.807, 2.05) is 4.90 Å². The molecule has 0 radical (unpaired) electrons. The molecule has 15 heavy (non-hydrogen) atoms. The number of carboxylic acids is 1. The number of carboxylic acid groups (broad SMARTS) is 1. The second kappa shape index (κ2) is 4.47. The maximum Gasteiger partial charge on any atom is 0.321 e. The predicted octanol–water partition coefficient (Wildman–Crippen LogP) is -0.315. The third kappa shape index (κ3) is 2.48. The van der Waals surface area contributed by atoms with Gasteiger partial charge in [-0.25, -0.2) is 0 Å². The minimum atomic E-state index is -0.843. The van der Waals surface area contributed by atoms with Gasteiger partial charge in [0.25, 0.3) is 0 Å². The molecule has 0 saturated carbocycles. The molecule has 86 valence electrons. The fourth-order valence-electron chi connectivity index (χ4n) is 2.39. The highest BCUT2D eigenvalue weighted by atomic mass is 16.5. The lowest BCUT2D eigenvalue weighted by Crippen LogP contribution is -2.40. The molecule has 0 bridgehead atoms. The molecule has 3 unspecified atom stereocenters. The standard InChI is InChI=1S/C10H17NO4/c12-7-4-9(10(13)14)11(5-7)6-8-2-1-3-15-8/h7-9,12H,1-6H2,(H,13,14). The number of rotatable bonds is 3. The summed E-state index contributed by atoms with van der Waals surface area (Å²) in [5.74, 6) is -0.843. The smallest absolute Gasteiger partial charge is 0.321 e.